The Morgan fingerprint density at radius 2 is 2.19 bits per heavy atom. The number of hydrogen-bond donors (Lipinski definition) is 1. The van der Waals surface area contributed by atoms with Crippen molar-refractivity contribution in [3.63, 3.8) is 0 Å². The van der Waals surface area contributed by atoms with Gasteiger partial charge in [-0.05, 0) is 19.1 Å². The molecule has 0 saturated carbocycles. The van der Waals surface area contributed by atoms with Gasteiger partial charge in [-0.1, -0.05) is 12.1 Å². The number of carboxylic acids is 1. The summed E-state index contributed by atoms with van der Waals surface area (Å²) >= 11 is 0. The lowest BCUT2D eigenvalue weighted by Crippen LogP contribution is -2.56. The monoisotopic (exact) mass is 296 g/mol. The van der Waals surface area contributed by atoms with Crippen molar-refractivity contribution in [1.82, 2.24) is 4.90 Å². The Morgan fingerprint density at radius 1 is 1.48 bits per heavy atom. The van der Waals surface area contributed by atoms with Crippen molar-refractivity contribution in [2.75, 3.05) is 31.2 Å². The summed E-state index contributed by atoms with van der Waals surface area (Å²) in [6.07, 6.45) is 0. The number of hydrogen-bond acceptors (Lipinski definition) is 3. The van der Waals surface area contributed by atoms with Gasteiger partial charge in [-0.3, -0.25) is 4.90 Å². The molecular formula is C14H17FN2O4. The van der Waals surface area contributed by atoms with Gasteiger partial charge in [-0.25, -0.2) is 14.0 Å². The number of ether oxygens (including phenoxy) is 1. The molecule has 2 amide bonds. The molecule has 0 aromatic heterocycles. The van der Waals surface area contributed by atoms with Gasteiger partial charge in [-0.15, -0.1) is 0 Å². The minimum Gasteiger partial charge on any atom is -0.480 e. The van der Waals surface area contributed by atoms with Crippen LogP contribution in [-0.2, 0) is 9.53 Å². The van der Waals surface area contributed by atoms with Crippen LogP contribution in [-0.4, -0.2) is 54.4 Å². The van der Waals surface area contributed by atoms with Crippen molar-refractivity contribution in [3.8, 4) is 0 Å². The first kappa shape index (κ1) is 15.2. The molecule has 1 aromatic carbocycles. The number of carbonyl (C=O) groups excluding carboxylic acids is 1. The lowest BCUT2D eigenvalue weighted by atomic mass is 10.2. The predicted octanol–water partition coefficient (Wildman–Crippen LogP) is 1.56. The zero-order valence-corrected chi connectivity index (χ0v) is 11.7. The van der Waals surface area contributed by atoms with Crippen LogP contribution < -0.4 is 4.90 Å². The summed E-state index contributed by atoms with van der Waals surface area (Å²) in [6.45, 7) is 2.32. The van der Waals surface area contributed by atoms with E-state index in [-0.39, 0.29) is 32.0 Å². The van der Waals surface area contributed by atoms with Crippen molar-refractivity contribution in [2.45, 2.75) is 13.0 Å². The Bertz CT molecular complexity index is 537. The van der Waals surface area contributed by atoms with E-state index in [0.29, 0.717) is 0 Å². The van der Waals surface area contributed by atoms with Gasteiger partial charge in [0.2, 0.25) is 0 Å². The van der Waals surface area contributed by atoms with Crippen molar-refractivity contribution in [3.05, 3.63) is 30.1 Å². The Kier molecular flexibility index (Phi) is 4.74. The number of morpholine rings is 1. The number of rotatable bonds is 3. The molecule has 1 aliphatic heterocycles. The quantitative estimate of drug-likeness (QED) is 0.919. The highest BCUT2D eigenvalue weighted by Crippen LogP contribution is 2.21. The van der Waals surface area contributed by atoms with Gasteiger partial charge in [0.15, 0.2) is 6.04 Å². The second-order valence-electron chi connectivity index (χ2n) is 4.60. The van der Waals surface area contributed by atoms with E-state index in [1.807, 2.05) is 0 Å². The van der Waals surface area contributed by atoms with Crippen LogP contribution in [0.15, 0.2) is 24.3 Å². The number of amides is 2. The number of aliphatic carboxylic acids is 1. The molecule has 1 heterocycles. The second kappa shape index (κ2) is 6.53. The van der Waals surface area contributed by atoms with Gasteiger partial charge in [0.05, 0.1) is 18.9 Å². The van der Waals surface area contributed by atoms with Crippen LogP contribution in [0.3, 0.4) is 0 Å². The molecule has 1 aromatic rings. The fraction of sp³-hybridized carbons (Fsp3) is 0.429. The van der Waals surface area contributed by atoms with Gasteiger partial charge in [0.1, 0.15) is 5.82 Å². The van der Waals surface area contributed by atoms with E-state index in [1.54, 1.807) is 13.0 Å². The molecular weight excluding hydrogens is 279 g/mol. The normalized spacial score (nSPS) is 18.4. The zero-order chi connectivity index (χ0) is 15.4. The second-order valence-corrected chi connectivity index (χ2v) is 4.60. The van der Waals surface area contributed by atoms with E-state index in [9.17, 15) is 19.1 Å². The van der Waals surface area contributed by atoms with Crippen LogP contribution in [0.2, 0.25) is 0 Å². The van der Waals surface area contributed by atoms with E-state index in [0.717, 1.165) is 0 Å². The summed E-state index contributed by atoms with van der Waals surface area (Å²) in [5.41, 5.74) is 0.139. The zero-order valence-electron chi connectivity index (χ0n) is 11.7. The number of carboxylic acid groups (broad SMARTS) is 1. The average molecular weight is 296 g/mol. The number of urea groups is 1. The fourth-order valence-electron chi connectivity index (χ4n) is 2.27. The largest absolute Gasteiger partial charge is 0.480 e. The maximum atomic E-state index is 13.9. The molecule has 1 unspecified atom stereocenters. The fourth-order valence-corrected chi connectivity index (χ4v) is 2.27. The van der Waals surface area contributed by atoms with Gasteiger partial charge >= 0.3 is 12.0 Å². The molecule has 2 rings (SSSR count). The van der Waals surface area contributed by atoms with Crippen LogP contribution in [0, 0.1) is 5.82 Å². The molecule has 6 nitrogen and oxygen atoms in total. The molecule has 1 saturated heterocycles. The molecule has 0 spiro atoms. The Balaban J connectivity index is 2.27. The summed E-state index contributed by atoms with van der Waals surface area (Å²) < 4.78 is 19.0. The molecule has 1 aliphatic rings. The number of para-hydroxylation sites is 1. The maximum Gasteiger partial charge on any atom is 0.328 e. The molecule has 21 heavy (non-hydrogen) atoms. The Labute approximate surface area is 121 Å². The first-order chi connectivity index (χ1) is 10.1. The first-order valence-corrected chi connectivity index (χ1v) is 6.69. The number of halogens is 1. The van der Waals surface area contributed by atoms with Crippen LogP contribution in [0.5, 0.6) is 0 Å². The summed E-state index contributed by atoms with van der Waals surface area (Å²) in [5, 5.41) is 9.17. The minimum atomic E-state index is -1.13. The van der Waals surface area contributed by atoms with Crippen LogP contribution >= 0.6 is 0 Å². The van der Waals surface area contributed by atoms with E-state index in [2.05, 4.69) is 0 Å². The minimum absolute atomic E-state index is 0.0596. The van der Waals surface area contributed by atoms with Crippen molar-refractivity contribution < 1.29 is 23.8 Å². The molecule has 114 valence electrons. The highest BCUT2D eigenvalue weighted by Gasteiger charge is 2.35. The summed E-state index contributed by atoms with van der Waals surface area (Å²) in [4.78, 5) is 26.2. The third kappa shape index (κ3) is 3.13. The Morgan fingerprint density at radius 3 is 2.81 bits per heavy atom. The molecule has 0 radical (unpaired) electrons. The Hall–Kier alpha value is -2.15. The molecule has 0 bridgehead atoms. The molecule has 1 atom stereocenters. The third-order valence-corrected chi connectivity index (χ3v) is 3.35. The topological polar surface area (TPSA) is 70.1 Å². The van der Waals surface area contributed by atoms with E-state index in [4.69, 9.17) is 4.74 Å². The van der Waals surface area contributed by atoms with E-state index < -0.39 is 23.9 Å². The lowest BCUT2D eigenvalue weighted by Gasteiger charge is -2.36. The van der Waals surface area contributed by atoms with Crippen molar-refractivity contribution in [1.29, 1.82) is 0 Å². The molecule has 7 heteroatoms. The standard InChI is InChI=1S/C14H17FN2O4/c1-2-16(11-6-4-3-5-10(11)15)14(20)17-7-8-21-9-12(17)13(18)19/h3-6,12H,2,7-9H2,1H3,(H,18,19). The van der Waals surface area contributed by atoms with Crippen LogP contribution in [0.25, 0.3) is 0 Å². The lowest BCUT2D eigenvalue weighted by molar-refractivity contribution is -0.147. The molecule has 0 aliphatic carbocycles. The highest BCUT2D eigenvalue weighted by atomic mass is 19.1. The first-order valence-electron chi connectivity index (χ1n) is 6.69. The molecule has 1 N–H and O–H groups in total. The number of nitrogens with zero attached hydrogens (tertiary/aromatic N) is 2. The smallest absolute Gasteiger partial charge is 0.328 e. The van der Waals surface area contributed by atoms with Gasteiger partial charge in [0, 0.05) is 13.1 Å². The highest BCUT2D eigenvalue weighted by molar-refractivity contribution is 5.94. The van der Waals surface area contributed by atoms with E-state index in [1.165, 1.54) is 28.0 Å². The number of benzene rings is 1. The number of carbonyl (C=O) groups is 2. The van der Waals surface area contributed by atoms with E-state index >= 15 is 0 Å². The van der Waals surface area contributed by atoms with Crippen molar-refractivity contribution in [2.24, 2.45) is 0 Å². The van der Waals surface area contributed by atoms with Gasteiger partial charge in [-0.2, -0.15) is 0 Å². The van der Waals surface area contributed by atoms with Crippen LogP contribution in [0.1, 0.15) is 6.92 Å². The van der Waals surface area contributed by atoms with Crippen molar-refractivity contribution >= 4 is 17.7 Å². The third-order valence-electron chi connectivity index (χ3n) is 3.35. The number of anilines is 1. The summed E-state index contributed by atoms with van der Waals surface area (Å²) in [5.74, 6) is -1.65. The maximum absolute atomic E-state index is 13.9. The van der Waals surface area contributed by atoms with Crippen LogP contribution in [0.4, 0.5) is 14.9 Å². The van der Waals surface area contributed by atoms with Gasteiger partial charge in [0.25, 0.3) is 0 Å². The summed E-state index contributed by atoms with van der Waals surface area (Å²) in [6, 6.07) is 4.34. The molecule has 1 fully saturated rings. The average Bonchev–Trinajstić information content (AvgIpc) is 2.49. The SMILES string of the molecule is CCN(C(=O)N1CCOCC1C(=O)O)c1ccccc1F. The predicted molar refractivity (Wildman–Crippen MR) is 73.8 cm³/mol. The van der Waals surface area contributed by atoms with Gasteiger partial charge < -0.3 is 14.7 Å². The summed E-state index contributed by atoms with van der Waals surface area (Å²) in [7, 11) is 0.